The van der Waals surface area contributed by atoms with Crippen molar-refractivity contribution in [2.24, 2.45) is 0 Å². The van der Waals surface area contributed by atoms with Gasteiger partial charge in [0.25, 0.3) is 0 Å². The van der Waals surface area contributed by atoms with Gasteiger partial charge < -0.3 is 5.32 Å². The van der Waals surface area contributed by atoms with E-state index in [1.54, 1.807) is 0 Å². The summed E-state index contributed by atoms with van der Waals surface area (Å²) < 4.78 is 0. The van der Waals surface area contributed by atoms with Gasteiger partial charge in [-0.1, -0.05) is 12.1 Å². The number of nitrogens with one attached hydrogen (secondary N) is 1. The maximum atomic E-state index is 3.86. The van der Waals surface area contributed by atoms with Gasteiger partial charge in [-0.05, 0) is 56.7 Å². The zero-order chi connectivity index (χ0) is 13.2. The van der Waals surface area contributed by atoms with Gasteiger partial charge >= 0.3 is 0 Å². The van der Waals surface area contributed by atoms with Crippen LogP contribution in [0, 0.1) is 0 Å². The third-order valence-electron chi connectivity index (χ3n) is 4.69. The molecule has 3 unspecified atom stereocenters. The van der Waals surface area contributed by atoms with Crippen LogP contribution in [-0.2, 0) is 0 Å². The molecule has 0 saturated carbocycles. The summed E-state index contributed by atoms with van der Waals surface area (Å²) in [6, 6.07) is 11.0. The van der Waals surface area contributed by atoms with E-state index in [9.17, 15) is 0 Å². The van der Waals surface area contributed by atoms with Gasteiger partial charge in [-0.25, -0.2) is 0 Å². The first-order chi connectivity index (χ1) is 9.28. The Balaban J connectivity index is 1.62. The first-order valence-corrected chi connectivity index (χ1v) is 8.64. The van der Waals surface area contributed by atoms with Gasteiger partial charge in [0, 0.05) is 29.6 Å². The van der Waals surface area contributed by atoms with E-state index in [1.165, 1.54) is 42.8 Å². The SMILES string of the molecule is CSc1ccc(C(C)NC2CCN3CCCC23)cc1. The van der Waals surface area contributed by atoms with E-state index in [-0.39, 0.29) is 0 Å². The fourth-order valence-electron chi connectivity index (χ4n) is 3.59. The van der Waals surface area contributed by atoms with Gasteiger partial charge in [-0.2, -0.15) is 0 Å². The Morgan fingerprint density at radius 1 is 1.21 bits per heavy atom. The summed E-state index contributed by atoms with van der Waals surface area (Å²) in [5, 5.41) is 3.86. The Hall–Kier alpha value is -0.510. The van der Waals surface area contributed by atoms with Gasteiger partial charge in [0.15, 0.2) is 0 Å². The van der Waals surface area contributed by atoms with Crippen molar-refractivity contribution in [1.82, 2.24) is 10.2 Å². The summed E-state index contributed by atoms with van der Waals surface area (Å²) in [7, 11) is 0. The van der Waals surface area contributed by atoms with Crippen molar-refractivity contribution in [2.45, 2.75) is 49.2 Å². The van der Waals surface area contributed by atoms with E-state index in [2.05, 4.69) is 47.7 Å². The third kappa shape index (κ3) is 2.83. The van der Waals surface area contributed by atoms with Gasteiger partial charge in [0.2, 0.25) is 0 Å². The second-order valence-corrected chi connectivity index (χ2v) is 6.68. The Labute approximate surface area is 121 Å². The second-order valence-electron chi connectivity index (χ2n) is 5.80. The quantitative estimate of drug-likeness (QED) is 0.850. The molecule has 2 fully saturated rings. The minimum atomic E-state index is 0.460. The lowest BCUT2D eigenvalue weighted by Crippen LogP contribution is -2.40. The zero-order valence-electron chi connectivity index (χ0n) is 11.9. The van der Waals surface area contributed by atoms with Gasteiger partial charge in [-0.3, -0.25) is 4.90 Å². The molecule has 19 heavy (non-hydrogen) atoms. The predicted molar refractivity (Wildman–Crippen MR) is 82.8 cm³/mol. The standard InChI is InChI=1S/C16H24N2S/c1-12(13-5-7-14(19-2)8-6-13)17-15-9-11-18-10-3-4-16(15)18/h5-8,12,15-17H,3-4,9-11H2,1-2H3. The van der Waals surface area contributed by atoms with Crippen LogP contribution in [0.4, 0.5) is 0 Å². The van der Waals surface area contributed by atoms with Crippen LogP contribution in [0.1, 0.15) is 37.8 Å². The van der Waals surface area contributed by atoms with Gasteiger partial charge in [0.1, 0.15) is 0 Å². The molecular weight excluding hydrogens is 252 g/mol. The highest BCUT2D eigenvalue weighted by Crippen LogP contribution is 2.29. The molecule has 1 aromatic carbocycles. The predicted octanol–water partition coefficient (Wildman–Crippen LogP) is 3.30. The Bertz CT molecular complexity index is 417. The molecule has 1 aromatic rings. The molecular formula is C16H24N2S. The summed E-state index contributed by atoms with van der Waals surface area (Å²) >= 11 is 1.81. The lowest BCUT2D eigenvalue weighted by Gasteiger charge is -2.25. The summed E-state index contributed by atoms with van der Waals surface area (Å²) in [6.45, 7) is 4.91. The average molecular weight is 276 g/mol. The van der Waals surface area contributed by atoms with Crippen LogP contribution >= 0.6 is 11.8 Å². The minimum Gasteiger partial charge on any atom is -0.306 e. The van der Waals surface area contributed by atoms with Gasteiger partial charge in [-0.15, -0.1) is 11.8 Å². The van der Waals surface area contributed by atoms with E-state index >= 15 is 0 Å². The highest BCUT2D eigenvalue weighted by atomic mass is 32.2. The molecule has 0 bridgehead atoms. The van der Waals surface area contributed by atoms with Crippen molar-refractivity contribution in [3.63, 3.8) is 0 Å². The number of nitrogens with zero attached hydrogens (tertiary/aromatic N) is 1. The Morgan fingerprint density at radius 2 is 2.00 bits per heavy atom. The minimum absolute atomic E-state index is 0.460. The topological polar surface area (TPSA) is 15.3 Å². The van der Waals surface area contributed by atoms with Crippen LogP contribution < -0.4 is 5.32 Å². The molecule has 3 atom stereocenters. The molecule has 3 heteroatoms. The summed E-state index contributed by atoms with van der Waals surface area (Å²) in [5.41, 5.74) is 1.41. The number of rotatable bonds is 4. The molecule has 2 aliphatic rings. The second kappa shape index (κ2) is 5.86. The van der Waals surface area contributed by atoms with Gasteiger partial charge in [0.05, 0.1) is 0 Å². The molecule has 1 N–H and O–H groups in total. The first kappa shape index (κ1) is 13.5. The van der Waals surface area contributed by atoms with Crippen LogP contribution in [0.25, 0.3) is 0 Å². The lowest BCUT2D eigenvalue weighted by atomic mass is 10.0. The smallest absolute Gasteiger partial charge is 0.0295 e. The first-order valence-electron chi connectivity index (χ1n) is 7.42. The van der Waals surface area contributed by atoms with Crippen molar-refractivity contribution >= 4 is 11.8 Å². The van der Waals surface area contributed by atoms with Crippen LogP contribution in [0.5, 0.6) is 0 Å². The molecule has 0 aliphatic carbocycles. The fraction of sp³-hybridized carbons (Fsp3) is 0.625. The largest absolute Gasteiger partial charge is 0.306 e. The molecule has 104 valence electrons. The van der Waals surface area contributed by atoms with E-state index in [0.29, 0.717) is 12.1 Å². The molecule has 0 aromatic heterocycles. The molecule has 2 heterocycles. The Kier molecular flexibility index (Phi) is 4.15. The summed E-state index contributed by atoms with van der Waals surface area (Å²) in [4.78, 5) is 4.01. The molecule has 2 nitrogen and oxygen atoms in total. The van der Waals surface area contributed by atoms with E-state index in [0.717, 1.165) is 6.04 Å². The summed E-state index contributed by atoms with van der Waals surface area (Å²) in [5.74, 6) is 0. The van der Waals surface area contributed by atoms with E-state index in [4.69, 9.17) is 0 Å². The zero-order valence-corrected chi connectivity index (χ0v) is 12.7. The van der Waals surface area contributed by atoms with E-state index in [1.807, 2.05) is 11.8 Å². The third-order valence-corrected chi connectivity index (χ3v) is 5.43. The molecule has 0 amide bonds. The van der Waals surface area contributed by atoms with Crippen molar-refractivity contribution < 1.29 is 0 Å². The average Bonchev–Trinajstić information content (AvgIpc) is 3.04. The highest BCUT2D eigenvalue weighted by molar-refractivity contribution is 7.98. The van der Waals surface area contributed by atoms with Crippen molar-refractivity contribution in [1.29, 1.82) is 0 Å². The molecule has 3 rings (SSSR count). The highest BCUT2D eigenvalue weighted by Gasteiger charge is 2.37. The van der Waals surface area contributed by atoms with Crippen LogP contribution in [0.3, 0.4) is 0 Å². The maximum Gasteiger partial charge on any atom is 0.0295 e. The monoisotopic (exact) mass is 276 g/mol. The van der Waals surface area contributed by atoms with Crippen molar-refractivity contribution in [3.8, 4) is 0 Å². The number of hydrogen-bond acceptors (Lipinski definition) is 3. The van der Waals surface area contributed by atoms with Crippen molar-refractivity contribution in [3.05, 3.63) is 29.8 Å². The molecule has 2 aliphatic heterocycles. The van der Waals surface area contributed by atoms with E-state index < -0.39 is 0 Å². The fourth-order valence-corrected chi connectivity index (χ4v) is 4.00. The Morgan fingerprint density at radius 3 is 2.74 bits per heavy atom. The number of benzene rings is 1. The lowest BCUT2D eigenvalue weighted by molar-refractivity contribution is 0.291. The number of hydrogen-bond donors (Lipinski definition) is 1. The molecule has 0 radical (unpaired) electrons. The molecule has 2 saturated heterocycles. The molecule has 0 spiro atoms. The van der Waals surface area contributed by atoms with Crippen LogP contribution in [0.2, 0.25) is 0 Å². The van der Waals surface area contributed by atoms with Crippen LogP contribution in [0.15, 0.2) is 29.2 Å². The van der Waals surface area contributed by atoms with Crippen LogP contribution in [-0.4, -0.2) is 36.3 Å². The maximum absolute atomic E-state index is 3.86. The number of thioether (sulfide) groups is 1. The summed E-state index contributed by atoms with van der Waals surface area (Å²) in [6.07, 6.45) is 6.22. The normalized spacial score (nSPS) is 28.5. The van der Waals surface area contributed by atoms with Crippen molar-refractivity contribution in [2.75, 3.05) is 19.3 Å². The number of fused-ring (bicyclic) bond motifs is 1.